The van der Waals surface area contributed by atoms with E-state index in [0.29, 0.717) is 28.2 Å². The second-order valence-corrected chi connectivity index (χ2v) is 9.72. The van der Waals surface area contributed by atoms with E-state index in [4.69, 9.17) is 10.9 Å². The molecule has 0 bridgehead atoms. The minimum absolute atomic E-state index is 0.000704. The van der Waals surface area contributed by atoms with E-state index in [0.717, 1.165) is 0 Å². The molecular formula is C25H21N7O4S. The van der Waals surface area contributed by atoms with Crippen LogP contribution in [0, 0.1) is 0 Å². The Morgan fingerprint density at radius 1 is 0.946 bits per heavy atom. The fourth-order valence-electron chi connectivity index (χ4n) is 3.75. The molecule has 0 fully saturated rings. The number of carbonyl (C=O) groups is 1. The van der Waals surface area contributed by atoms with Crippen LogP contribution < -0.4 is 21.9 Å². The number of hydrogen-bond donors (Lipinski definition) is 3. The number of Topliss-reactive ketones (excluding diaryl/α,β-unsaturated/α-hetero) is 1. The maximum atomic E-state index is 13.0. The summed E-state index contributed by atoms with van der Waals surface area (Å²) in [6, 6.07) is 21.5. The summed E-state index contributed by atoms with van der Waals surface area (Å²) in [7, 11) is -3.82. The normalized spacial score (nSPS) is 11.5. The van der Waals surface area contributed by atoms with Crippen LogP contribution in [0.1, 0.15) is 10.4 Å². The molecule has 5 aromatic rings. The van der Waals surface area contributed by atoms with Crippen LogP contribution in [-0.4, -0.2) is 39.9 Å². The second kappa shape index (κ2) is 9.33. The van der Waals surface area contributed by atoms with E-state index in [1.165, 1.54) is 33.3 Å². The number of benzene rings is 3. The Morgan fingerprint density at radius 3 is 2.27 bits per heavy atom. The Labute approximate surface area is 211 Å². The zero-order valence-electron chi connectivity index (χ0n) is 19.3. The summed E-state index contributed by atoms with van der Waals surface area (Å²) < 4.78 is 25.4. The molecule has 3 aromatic carbocycles. The molecular weight excluding hydrogens is 494 g/mol. The molecule has 0 aliphatic rings. The third-order valence-electron chi connectivity index (χ3n) is 5.67. The Hall–Kier alpha value is -4.81. The molecule has 2 heterocycles. The minimum Gasteiger partial charge on any atom is -0.381 e. The van der Waals surface area contributed by atoms with Crippen LogP contribution in [-0.2, 0) is 10.0 Å². The van der Waals surface area contributed by atoms with Gasteiger partial charge in [0.15, 0.2) is 11.6 Å². The van der Waals surface area contributed by atoms with Crippen molar-refractivity contribution in [2.45, 2.75) is 4.90 Å². The molecule has 11 nitrogen and oxygen atoms in total. The summed E-state index contributed by atoms with van der Waals surface area (Å²) in [6.07, 6.45) is 1.58. The van der Waals surface area contributed by atoms with E-state index < -0.39 is 10.0 Å². The molecule has 0 saturated carbocycles. The molecule has 5 rings (SSSR count). The lowest BCUT2D eigenvalue weighted by atomic mass is 10.1. The number of fused-ring (bicyclic) bond motifs is 1. The van der Waals surface area contributed by atoms with Crippen molar-refractivity contribution in [1.29, 1.82) is 0 Å². The van der Waals surface area contributed by atoms with E-state index in [1.807, 2.05) is 18.2 Å². The molecule has 0 unspecified atom stereocenters. The van der Waals surface area contributed by atoms with Crippen molar-refractivity contribution in [2.24, 2.45) is 5.14 Å². The van der Waals surface area contributed by atoms with Crippen molar-refractivity contribution in [3.8, 4) is 16.9 Å². The maximum absolute atomic E-state index is 13.0. The van der Waals surface area contributed by atoms with E-state index >= 15 is 0 Å². The molecule has 5 N–H and O–H groups in total. The van der Waals surface area contributed by atoms with Gasteiger partial charge < -0.3 is 11.1 Å². The number of carbonyl (C=O) groups excluding carboxylic acids is 1. The van der Waals surface area contributed by atoms with Gasteiger partial charge in [-0.25, -0.2) is 27.7 Å². The molecule has 37 heavy (non-hydrogen) atoms. The Bertz CT molecular complexity index is 1780. The zero-order valence-corrected chi connectivity index (χ0v) is 20.1. The average Bonchev–Trinajstić information content (AvgIpc) is 3.24. The van der Waals surface area contributed by atoms with Crippen LogP contribution >= 0.6 is 0 Å². The lowest BCUT2D eigenvalue weighted by Crippen LogP contribution is -2.19. The van der Waals surface area contributed by atoms with Crippen molar-refractivity contribution in [3.05, 3.63) is 101 Å². The molecule has 186 valence electrons. The van der Waals surface area contributed by atoms with E-state index in [-0.39, 0.29) is 34.4 Å². The Kier molecular flexibility index (Phi) is 6.03. The topological polar surface area (TPSA) is 167 Å². The molecule has 0 radical (unpaired) electrons. The van der Waals surface area contributed by atoms with Gasteiger partial charge in [0.2, 0.25) is 15.7 Å². The summed E-state index contributed by atoms with van der Waals surface area (Å²) in [5, 5.41) is 12.4. The second-order valence-electron chi connectivity index (χ2n) is 8.16. The molecule has 0 saturated heterocycles. The van der Waals surface area contributed by atoms with Gasteiger partial charge in [0.25, 0.3) is 0 Å². The fraction of sp³-hybridized carbons (Fsp3) is 0.0400. The molecule has 12 heteroatoms. The average molecular weight is 516 g/mol. The van der Waals surface area contributed by atoms with Gasteiger partial charge in [-0.15, -0.1) is 5.10 Å². The molecule has 0 atom stereocenters. The van der Waals surface area contributed by atoms with Crippen LogP contribution in [0.3, 0.4) is 0 Å². The summed E-state index contributed by atoms with van der Waals surface area (Å²) >= 11 is 0. The van der Waals surface area contributed by atoms with E-state index in [9.17, 15) is 18.0 Å². The number of rotatable bonds is 7. The first-order valence-electron chi connectivity index (χ1n) is 11.0. The van der Waals surface area contributed by atoms with E-state index in [2.05, 4.69) is 15.4 Å². The predicted molar refractivity (Wildman–Crippen MR) is 139 cm³/mol. The largest absolute Gasteiger partial charge is 0.381 e. The van der Waals surface area contributed by atoms with Gasteiger partial charge in [-0.2, -0.15) is 4.68 Å². The van der Waals surface area contributed by atoms with Crippen LogP contribution in [0.4, 0.5) is 11.5 Å². The van der Waals surface area contributed by atoms with Crippen LogP contribution in [0.25, 0.3) is 22.6 Å². The third kappa shape index (κ3) is 4.83. The first kappa shape index (κ1) is 23.9. The molecule has 2 aromatic heterocycles. The number of anilines is 2. The zero-order chi connectivity index (χ0) is 26.2. The number of ketones is 1. The standard InChI is InChI=1S/C25H21N7O4S/c26-23-24-30-32(19-4-2-1-3-5-19)25(34)31(24)15-21(29-23)16-6-10-18(11-7-16)28-14-22(33)17-8-12-20(13-9-17)37(27,35)36/h1-13,15,28H,14H2,(H2,26,29)(H2,27,35,36). The number of aromatic nitrogens is 4. The third-order valence-corrected chi connectivity index (χ3v) is 6.60. The SMILES string of the molecule is Nc1nc(-c2ccc(NCC(=O)c3ccc(S(N)(=O)=O)cc3)cc2)cn2c(=O)n(-c3ccccc3)nc12. The number of nitrogens with one attached hydrogen (secondary N) is 1. The smallest absolute Gasteiger partial charge is 0.355 e. The summed E-state index contributed by atoms with van der Waals surface area (Å²) in [5.74, 6) is -0.106. The lowest BCUT2D eigenvalue weighted by Gasteiger charge is -2.08. The van der Waals surface area contributed by atoms with Crippen LogP contribution in [0.2, 0.25) is 0 Å². The minimum atomic E-state index is -3.82. The number of nitrogens with two attached hydrogens (primary N) is 2. The van der Waals surface area contributed by atoms with Crippen molar-refractivity contribution >= 4 is 33.0 Å². The van der Waals surface area contributed by atoms with Crippen molar-refractivity contribution < 1.29 is 13.2 Å². The fourth-order valence-corrected chi connectivity index (χ4v) is 4.27. The van der Waals surface area contributed by atoms with Crippen molar-refractivity contribution in [1.82, 2.24) is 19.2 Å². The number of primary sulfonamides is 1. The van der Waals surface area contributed by atoms with Gasteiger partial charge >= 0.3 is 5.69 Å². The van der Waals surface area contributed by atoms with Gasteiger partial charge in [-0.1, -0.05) is 30.3 Å². The van der Waals surface area contributed by atoms with Crippen molar-refractivity contribution in [3.63, 3.8) is 0 Å². The Balaban J connectivity index is 1.33. The number of nitrogens with zero attached hydrogens (tertiary/aromatic N) is 4. The van der Waals surface area contributed by atoms with Gasteiger partial charge in [-0.05, 0) is 48.5 Å². The quantitative estimate of drug-likeness (QED) is 0.277. The predicted octanol–water partition coefficient (Wildman–Crippen LogP) is 2.07. The first-order valence-corrected chi connectivity index (χ1v) is 12.6. The lowest BCUT2D eigenvalue weighted by molar-refractivity contribution is 0.101. The van der Waals surface area contributed by atoms with Gasteiger partial charge in [-0.3, -0.25) is 4.79 Å². The molecule has 0 spiro atoms. The first-order chi connectivity index (χ1) is 17.7. The molecule has 0 amide bonds. The highest BCUT2D eigenvalue weighted by molar-refractivity contribution is 7.89. The van der Waals surface area contributed by atoms with Crippen molar-refractivity contribution in [2.75, 3.05) is 17.6 Å². The van der Waals surface area contributed by atoms with Gasteiger partial charge in [0, 0.05) is 23.0 Å². The summed E-state index contributed by atoms with van der Waals surface area (Å²) in [5.41, 5.74) is 8.85. The highest BCUT2D eigenvalue weighted by Crippen LogP contribution is 2.22. The highest BCUT2D eigenvalue weighted by Gasteiger charge is 2.15. The summed E-state index contributed by atoms with van der Waals surface area (Å²) in [4.78, 5) is 29.8. The molecule has 0 aliphatic carbocycles. The van der Waals surface area contributed by atoms with E-state index in [1.54, 1.807) is 42.6 Å². The number of hydrogen-bond acceptors (Lipinski definition) is 8. The monoisotopic (exact) mass is 515 g/mol. The maximum Gasteiger partial charge on any atom is 0.355 e. The molecule has 0 aliphatic heterocycles. The van der Waals surface area contributed by atoms with Gasteiger partial charge in [0.1, 0.15) is 0 Å². The van der Waals surface area contributed by atoms with Crippen LogP contribution in [0.5, 0.6) is 0 Å². The van der Waals surface area contributed by atoms with Crippen LogP contribution in [0.15, 0.2) is 94.7 Å². The number of nitrogen functional groups attached to an aromatic ring is 1. The Morgan fingerprint density at radius 2 is 1.62 bits per heavy atom. The number of para-hydroxylation sites is 1. The highest BCUT2D eigenvalue weighted by atomic mass is 32.2. The number of sulfonamides is 1. The summed E-state index contributed by atoms with van der Waals surface area (Å²) in [6.45, 7) is -0.000704. The van der Waals surface area contributed by atoms with Gasteiger partial charge in [0.05, 0.1) is 22.8 Å².